The molecule has 4 rings (SSSR count). The van der Waals surface area contributed by atoms with E-state index in [4.69, 9.17) is 21.1 Å². The van der Waals surface area contributed by atoms with Crippen LogP contribution in [0.1, 0.15) is 40.7 Å². The van der Waals surface area contributed by atoms with Gasteiger partial charge in [-0.3, -0.25) is 9.59 Å². The van der Waals surface area contributed by atoms with Crippen LogP contribution in [0.5, 0.6) is 11.5 Å². The highest BCUT2D eigenvalue weighted by Crippen LogP contribution is 2.41. The summed E-state index contributed by atoms with van der Waals surface area (Å²) >= 11 is 6.17. The third-order valence-corrected chi connectivity index (χ3v) is 6.32. The molecule has 0 aliphatic carbocycles. The summed E-state index contributed by atoms with van der Waals surface area (Å²) in [6, 6.07) is 11.1. The van der Waals surface area contributed by atoms with E-state index in [0.29, 0.717) is 55.1 Å². The second-order valence-electron chi connectivity index (χ2n) is 7.89. The molecule has 0 radical (unpaired) electrons. The van der Waals surface area contributed by atoms with E-state index in [2.05, 4.69) is 0 Å². The SMILES string of the molecule is COc1ccc(CC(=O)N2CCC3(CC2)CC(=O)c2cc(Cl)c(C)cc2O3)cc1. The Bertz CT molecular complexity index is 946. The Hall–Kier alpha value is -2.53. The van der Waals surface area contributed by atoms with Gasteiger partial charge >= 0.3 is 0 Å². The van der Waals surface area contributed by atoms with Gasteiger partial charge in [0.15, 0.2) is 5.78 Å². The van der Waals surface area contributed by atoms with Crippen molar-refractivity contribution in [1.82, 2.24) is 4.90 Å². The van der Waals surface area contributed by atoms with Gasteiger partial charge in [-0.15, -0.1) is 0 Å². The number of nitrogens with zero attached hydrogens (tertiary/aromatic N) is 1. The van der Waals surface area contributed by atoms with Crippen molar-refractivity contribution >= 4 is 23.3 Å². The number of fused-ring (bicyclic) bond motifs is 1. The number of ketones is 1. The monoisotopic (exact) mass is 413 g/mol. The molecule has 0 unspecified atom stereocenters. The van der Waals surface area contributed by atoms with E-state index in [1.54, 1.807) is 13.2 Å². The first-order chi connectivity index (χ1) is 13.9. The molecule has 152 valence electrons. The fraction of sp³-hybridized carbons (Fsp3) is 0.391. The van der Waals surface area contributed by atoms with Crippen LogP contribution in [0.3, 0.4) is 0 Å². The van der Waals surface area contributed by atoms with E-state index in [1.807, 2.05) is 42.2 Å². The summed E-state index contributed by atoms with van der Waals surface area (Å²) in [5.41, 5.74) is 1.88. The van der Waals surface area contributed by atoms with Gasteiger partial charge < -0.3 is 14.4 Å². The van der Waals surface area contributed by atoms with Gasteiger partial charge in [0.2, 0.25) is 5.91 Å². The maximum Gasteiger partial charge on any atom is 0.226 e. The number of benzene rings is 2. The first-order valence-corrected chi connectivity index (χ1v) is 10.2. The van der Waals surface area contributed by atoms with Crippen LogP contribution in [-0.4, -0.2) is 42.4 Å². The van der Waals surface area contributed by atoms with Gasteiger partial charge in [0.25, 0.3) is 0 Å². The molecule has 1 spiro atoms. The van der Waals surface area contributed by atoms with Crippen molar-refractivity contribution in [3.05, 3.63) is 58.1 Å². The third kappa shape index (κ3) is 3.97. The summed E-state index contributed by atoms with van der Waals surface area (Å²) in [5, 5.41) is 0.579. The van der Waals surface area contributed by atoms with Gasteiger partial charge in [0, 0.05) is 31.0 Å². The number of hydrogen-bond acceptors (Lipinski definition) is 4. The number of likely N-dealkylation sites (tertiary alicyclic amines) is 1. The number of carbonyl (C=O) groups is 2. The zero-order valence-electron chi connectivity index (χ0n) is 16.7. The predicted molar refractivity (Wildman–Crippen MR) is 111 cm³/mol. The third-order valence-electron chi connectivity index (χ3n) is 5.91. The molecule has 1 saturated heterocycles. The van der Waals surface area contributed by atoms with E-state index < -0.39 is 5.60 Å². The Labute approximate surface area is 175 Å². The lowest BCUT2D eigenvalue weighted by Crippen LogP contribution is -2.52. The van der Waals surface area contributed by atoms with Crippen molar-refractivity contribution in [3.63, 3.8) is 0 Å². The fourth-order valence-corrected chi connectivity index (χ4v) is 4.25. The molecule has 2 aromatic carbocycles. The van der Waals surface area contributed by atoms with Crippen molar-refractivity contribution < 1.29 is 19.1 Å². The Morgan fingerprint density at radius 3 is 2.55 bits per heavy atom. The molecular formula is C23H24ClNO4. The van der Waals surface area contributed by atoms with Crippen molar-refractivity contribution in [2.75, 3.05) is 20.2 Å². The molecule has 0 aromatic heterocycles. The fourth-order valence-electron chi connectivity index (χ4n) is 4.09. The summed E-state index contributed by atoms with van der Waals surface area (Å²) in [6.07, 6.45) is 1.99. The number of aryl methyl sites for hydroxylation is 1. The number of methoxy groups -OCH3 is 1. The smallest absolute Gasteiger partial charge is 0.226 e. The van der Waals surface area contributed by atoms with Crippen molar-refractivity contribution in [3.8, 4) is 11.5 Å². The number of ether oxygens (including phenoxy) is 2. The molecular weight excluding hydrogens is 390 g/mol. The molecule has 0 saturated carbocycles. The number of hydrogen-bond donors (Lipinski definition) is 0. The highest BCUT2D eigenvalue weighted by Gasteiger charge is 2.43. The summed E-state index contributed by atoms with van der Waals surface area (Å²) in [7, 11) is 1.62. The molecule has 0 atom stereocenters. The lowest BCUT2D eigenvalue weighted by molar-refractivity contribution is -0.134. The van der Waals surface area contributed by atoms with Crippen molar-refractivity contribution in [1.29, 1.82) is 0 Å². The van der Waals surface area contributed by atoms with Crippen molar-refractivity contribution in [2.24, 2.45) is 0 Å². The van der Waals surface area contributed by atoms with E-state index >= 15 is 0 Å². The van der Waals surface area contributed by atoms with Crippen molar-refractivity contribution in [2.45, 2.75) is 38.2 Å². The van der Waals surface area contributed by atoms with E-state index in [0.717, 1.165) is 16.9 Å². The van der Waals surface area contributed by atoms with Crippen LogP contribution < -0.4 is 9.47 Å². The first-order valence-electron chi connectivity index (χ1n) is 9.82. The van der Waals surface area contributed by atoms with Gasteiger partial charge in [-0.2, -0.15) is 0 Å². The number of rotatable bonds is 3. The molecule has 5 nitrogen and oxygen atoms in total. The van der Waals surface area contributed by atoms with Gasteiger partial charge in [-0.1, -0.05) is 23.7 Å². The average molecular weight is 414 g/mol. The quantitative estimate of drug-likeness (QED) is 0.755. The Morgan fingerprint density at radius 2 is 1.90 bits per heavy atom. The molecule has 29 heavy (non-hydrogen) atoms. The minimum Gasteiger partial charge on any atom is -0.497 e. The first kappa shape index (κ1) is 19.8. The van der Waals surface area contributed by atoms with Gasteiger partial charge in [0.1, 0.15) is 17.1 Å². The van der Waals surface area contributed by atoms with Crippen LogP contribution in [0.2, 0.25) is 5.02 Å². The van der Waals surface area contributed by atoms with Crippen LogP contribution >= 0.6 is 11.6 Å². The Balaban J connectivity index is 1.41. The number of piperidine rings is 1. The molecule has 0 N–H and O–H groups in total. The minimum atomic E-state index is -0.527. The zero-order chi connectivity index (χ0) is 20.6. The van der Waals surface area contributed by atoms with E-state index in [9.17, 15) is 9.59 Å². The molecule has 1 amide bonds. The lowest BCUT2D eigenvalue weighted by atomic mass is 9.82. The highest BCUT2D eigenvalue weighted by atomic mass is 35.5. The van der Waals surface area contributed by atoms with Crippen LogP contribution in [0.25, 0.3) is 0 Å². The van der Waals surface area contributed by atoms with Gasteiger partial charge in [-0.25, -0.2) is 0 Å². The summed E-state index contributed by atoms with van der Waals surface area (Å²) in [6.45, 7) is 3.08. The average Bonchev–Trinajstić information content (AvgIpc) is 2.71. The largest absolute Gasteiger partial charge is 0.497 e. The predicted octanol–water partition coefficient (Wildman–Crippen LogP) is 4.23. The maximum absolute atomic E-state index is 12.7. The standard InChI is InChI=1S/C23H24ClNO4/c1-15-11-21-18(13-19(15)24)20(26)14-23(29-21)7-9-25(10-8-23)22(27)12-16-3-5-17(28-2)6-4-16/h3-6,11,13H,7-10,12,14H2,1-2H3. The highest BCUT2D eigenvalue weighted by molar-refractivity contribution is 6.31. The lowest BCUT2D eigenvalue weighted by Gasteiger charge is -2.44. The maximum atomic E-state index is 12.7. The number of carbonyl (C=O) groups excluding carboxylic acids is 2. The van der Waals surface area contributed by atoms with Crippen LogP contribution in [0, 0.1) is 6.92 Å². The zero-order valence-corrected chi connectivity index (χ0v) is 17.4. The number of amides is 1. The normalized spacial score (nSPS) is 17.6. The van der Waals surface area contributed by atoms with E-state index in [-0.39, 0.29) is 11.7 Å². The second kappa shape index (κ2) is 7.71. The van der Waals surface area contributed by atoms with Gasteiger partial charge in [0.05, 0.1) is 25.5 Å². The molecule has 6 heteroatoms. The molecule has 2 aliphatic rings. The molecule has 2 aromatic rings. The molecule has 2 aliphatic heterocycles. The molecule has 2 heterocycles. The number of halogens is 1. The Kier molecular flexibility index (Phi) is 5.26. The van der Waals surface area contributed by atoms with Gasteiger partial charge in [-0.05, 0) is 42.3 Å². The van der Waals surface area contributed by atoms with Crippen LogP contribution in [-0.2, 0) is 11.2 Å². The summed E-state index contributed by atoms with van der Waals surface area (Å²) < 4.78 is 11.5. The summed E-state index contributed by atoms with van der Waals surface area (Å²) in [5.74, 6) is 1.54. The summed E-state index contributed by atoms with van der Waals surface area (Å²) in [4.78, 5) is 27.3. The number of Topliss-reactive ketones (excluding diaryl/α,β-unsaturated/α-hetero) is 1. The topological polar surface area (TPSA) is 55.8 Å². The minimum absolute atomic E-state index is 0.0613. The molecule has 1 fully saturated rings. The van der Waals surface area contributed by atoms with Crippen LogP contribution in [0.4, 0.5) is 0 Å². The second-order valence-corrected chi connectivity index (χ2v) is 8.30. The van der Waals surface area contributed by atoms with Crippen LogP contribution in [0.15, 0.2) is 36.4 Å². The van der Waals surface area contributed by atoms with E-state index in [1.165, 1.54) is 0 Å². The Morgan fingerprint density at radius 1 is 1.21 bits per heavy atom. The molecule has 0 bridgehead atoms.